The Bertz CT molecular complexity index is 265. The molecule has 17 heavy (non-hydrogen) atoms. The summed E-state index contributed by atoms with van der Waals surface area (Å²) in [5, 5.41) is 39.6. The molecule has 2 saturated heterocycles. The predicted molar refractivity (Wildman–Crippen MR) is 55.8 cm³/mol. The van der Waals surface area contributed by atoms with Gasteiger partial charge >= 0.3 is 0 Å². The number of rotatable bonds is 3. The van der Waals surface area contributed by atoms with E-state index >= 15 is 0 Å². The van der Waals surface area contributed by atoms with Crippen molar-refractivity contribution in [2.45, 2.75) is 30.5 Å². The first-order chi connectivity index (χ1) is 8.06. The monoisotopic (exact) mass is 249 g/mol. The summed E-state index contributed by atoms with van der Waals surface area (Å²) < 4.78 is 5.36. The highest BCUT2D eigenvalue weighted by atomic mass is 16.7. The van der Waals surface area contributed by atoms with E-state index in [0.29, 0.717) is 13.2 Å². The van der Waals surface area contributed by atoms with E-state index in [1.165, 1.54) is 0 Å². The van der Waals surface area contributed by atoms with Crippen LogP contribution in [0, 0.1) is 5.92 Å². The molecule has 4 N–H and O–H groups in total. The third-order valence-electron chi connectivity index (χ3n) is 3.50. The minimum atomic E-state index is -1.32. The molecule has 2 rings (SSSR count). The van der Waals surface area contributed by atoms with Gasteiger partial charge in [-0.1, -0.05) is 0 Å². The Kier molecular flexibility index (Phi) is 3.99. The molecular weight excluding hydrogens is 230 g/mol. The van der Waals surface area contributed by atoms with Gasteiger partial charge < -0.3 is 25.2 Å². The molecule has 6 atom stereocenters. The quantitative estimate of drug-likeness (QED) is 0.432. The first-order valence-electron chi connectivity index (χ1n) is 5.68. The molecule has 2 fully saturated rings. The maximum atomic E-state index is 10.1. The van der Waals surface area contributed by atoms with Crippen molar-refractivity contribution in [1.29, 1.82) is 0 Å². The summed E-state index contributed by atoms with van der Waals surface area (Å²) in [5.74, 6) is 0.0599. The summed E-state index contributed by atoms with van der Waals surface area (Å²) in [6, 6.07) is -0.255. The van der Waals surface area contributed by atoms with Crippen molar-refractivity contribution in [2.75, 3.05) is 26.9 Å². The van der Waals surface area contributed by atoms with Gasteiger partial charge in [-0.05, 0) is 0 Å². The number of nitrogens with zero attached hydrogens (tertiary/aromatic N) is 1. The highest BCUT2D eigenvalue weighted by Gasteiger charge is 2.49. The number of likely N-dealkylation sites (N-methyl/N-ethyl adjacent to an activating group) is 1. The number of fused-ring (bicyclic) bond motifs is 1. The van der Waals surface area contributed by atoms with Crippen LogP contribution < -0.4 is 0 Å². The average Bonchev–Trinajstić information content (AvgIpc) is 2.70. The lowest BCUT2D eigenvalue weighted by atomic mass is 9.87. The van der Waals surface area contributed by atoms with Gasteiger partial charge in [0.15, 0.2) is 0 Å². The first kappa shape index (κ1) is 13.2. The van der Waals surface area contributed by atoms with Crippen LogP contribution in [0.2, 0.25) is 0 Å². The van der Waals surface area contributed by atoms with Gasteiger partial charge in [0.05, 0.1) is 25.9 Å². The van der Waals surface area contributed by atoms with Crippen LogP contribution in [-0.2, 0) is 9.57 Å². The van der Waals surface area contributed by atoms with E-state index in [1.54, 1.807) is 12.1 Å². The molecule has 0 radical (unpaired) electrons. The zero-order valence-electron chi connectivity index (χ0n) is 9.64. The zero-order valence-corrected chi connectivity index (χ0v) is 9.64. The molecule has 0 spiro atoms. The molecule has 2 aliphatic heterocycles. The van der Waals surface area contributed by atoms with Crippen LogP contribution in [0.25, 0.3) is 0 Å². The van der Waals surface area contributed by atoms with E-state index in [4.69, 9.17) is 14.7 Å². The zero-order chi connectivity index (χ0) is 12.6. The smallest absolute Gasteiger partial charge is 0.113 e. The fourth-order valence-corrected chi connectivity index (χ4v) is 2.49. The lowest BCUT2D eigenvalue weighted by Crippen LogP contribution is -2.59. The molecule has 0 bridgehead atoms. The highest BCUT2D eigenvalue weighted by Crippen LogP contribution is 2.31. The van der Waals surface area contributed by atoms with Crippen molar-refractivity contribution >= 4 is 0 Å². The molecule has 0 aromatic heterocycles. The topological polar surface area (TPSA) is 103 Å². The summed E-state index contributed by atoms with van der Waals surface area (Å²) in [6.45, 7) is 0.254. The van der Waals surface area contributed by atoms with Gasteiger partial charge in [0, 0.05) is 13.0 Å². The fourth-order valence-electron chi connectivity index (χ4n) is 2.49. The summed E-state index contributed by atoms with van der Waals surface area (Å²) in [5.41, 5.74) is 0. The van der Waals surface area contributed by atoms with Gasteiger partial charge in [0.1, 0.15) is 24.4 Å². The van der Waals surface area contributed by atoms with Crippen LogP contribution in [0.4, 0.5) is 0 Å². The van der Waals surface area contributed by atoms with Crippen LogP contribution in [0.1, 0.15) is 0 Å². The Morgan fingerprint density at radius 3 is 2.71 bits per heavy atom. The van der Waals surface area contributed by atoms with Gasteiger partial charge in [-0.3, -0.25) is 4.84 Å². The number of hydroxylamine groups is 2. The molecule has 0 saturated carbocycles. The normalized spacial score (nSPS) is 42.2. The molecule has 100 valence electrons. The van der Waals surface area contributed by atoms with Crippen molar-refractivity contribution in [2.24, 2.45) is 5.92 Å². The van der Waals surface area contributed by atoms with Gasteiger partial charge in [-0.2, -0.15) is 5.06 Å². The first-order valence-corrected chi connectivity index (χ1v) is 5.68. The van der Waals surface area contributed by atoms with Crippen LogP contribution in [0.3, 0.4) is 0 Å². The maximum absolute atomic E-state index is 10.1. The molecule has 0 aliphatic carbocycles. The van der Waals surface area contributed by atoms with E-state index in [-0.39, 0.29) is 12.0 Å². The summed E-state index contributed by atoms with van der Waals surface area (Å²) in [7, 11) is 1.71. The Labute approximate surface area is 99.1 Å². The van der Waals surface area contributed by atoms with Crippen molar-refractivity contribution in [3.8, 4) is 0 Å². The minimum absolute atomic E-state index is 0.0599. The Morgan fingerprint density at radius 2 is 2.06 bits per heavy atom. The fraction of sp³-hybridized carbons (Fsp3) is 1.00. The second-order valence-corrected chi connectivity index (χ2v) is 4.62. The van der Waals surface area contributed by atoms with Crippen molar-refractivity contribution in [1.82, 2.24) is 5.06 Å². The van der Waals surface area contributed by atoms with Crippen molar-refractivity contribution in [3.63, 3.8) is 0 Å². The molecule has 7 heteroatoms. The molecule has 0 amide bonds. The average molecular weight is 249 g/mol. The third kappa shape index (κ3) is 2.32. The lowest BCUT2D eigenvalue weighted by molar-refractivity contribution is -0.202. The predicted octanol–water partition coefficient (Wildman–Crippen LogP) is -2.68. The van der Waals surface area contributed by atoms with Crippen LogP contribution in [0.5, 0.6) is 0 Å². The van der Waals surface area contributed by atoms with Gasteiger partial charge in [0.25, 0.3) is 0 Å². The molecule has 0 unspecified atom stereocenters. The lowest BCUT2D eigenvalue weighted by Gasteiger charge is -2.40. The molecule has 0 aromatic rings. The van der Waals surface area contributed by atoms with Crippen LogP contribution in [-0.4, -0.2) is 82.8 Å². The standard InChI is InChI=1S/C10H19NO6/c1-11-7-5(4-17-11)3-16-10(9(7)15)8(14)6(13)2-12/h5-10,12-15H,2-4H2,1H3/t5-,6+,7+,8+,9-,10+/m0/s1. The Morgan fingerprint density at radius 1 is 1.35 bits per heavy atom. The van der Waals surface area contributed by atoms with Crippen molar-refractivity contribution in [3.05, 3.63) is 0 Å². The Hall–Kier alpha value is -0.280. The van der Waals surface area contributed by atoms with E-state index in [0.717, 1.165) is 0 Å². The molecule has 2 aliphatic rings. The highest BCUT2D eigenvalue weighted by molar-refractivity contribution is 4.97. The molecular formula is C10H19NO6. The third-order valence-corrected chi connectivity index (χ3v) is 3.50. The van der Waals surface area contributed by atoms with E-state index < -0.39 is 31.0 Å². The largest absolute Gasteiger partial charge is 0.394 e. The number of aliphatic hydroxyl groups is 4. The van der Waals surface area contributed by atoms with Gasteiger partial charge in [-0.25, -0.2) is 0 Å². The van der Waals surface area contributed by atoms with Crippen molar-refractivity contribution < 1.29 is 30.0 Å². The Balaban J connectivity index is 2.05. The summed E-state index contributed by atoms with van der Waals surface area (Å²) >= 11 is 0. The molecule has 7 nitrogen and oxygen atoms in total. The summed E-state index contributed by atoms with van der Waals surface area (Å²) in [6.07, 6.45) is -4.51. The maximum Gasteiger partial charge on any atom is 0.113 e. The SMILES string of the molecule is CN1OC[C@@H]2CO[C@H]([C@H](O)[C@H](O)CO)[C@@H](O)[C@@H]21. The number of ether oxygens (including phenoxy) is 1. The minimum Gasteiger partial charge on any atom is -0.394 e. The van der Waals surface area contributed by atoms with E-state index in [1.807, 2.05) is 0 Å². The van der Waals surface area contributed by atoms with Crippen LogP contribution in [0.15, 0.2) is 0 Å². The second kappa shape index (κ2) is 5.15. The van der Waals surface area contributed by atoms with Gasteiger partial charge in [-0.15, -0.1) is 0 Å². The second-order valence-electron chi connectivity index (χ2n) is 4.62. The number of hydrogen-bond acceptors (Lipinski definition) is 7. The van der Waals surface area contributed by atoms with E-state index in [2.05, 4.69) is 0 Å². The van der Waals surface area contributed by atoms with Gasteiger partial charge in [0.2, 0.25) is 0 Å². The number of hydrogen-bond donors (Lipinski definition) is 4. The summed E-state index contributed by atoms with van der Waals surface area (Å²) in [4.78, 5) is 5.28. The van der Waals surface area contributed by atoms with Crippen LogP contribution >= 0.6 is 0 Å². The van der Waals surface area contributed by atoms with E-state index in [9.17, 15) is 15.3 Å². The molecule has 0 aromatic carbocycles. The number of aliphatic hydroxyl groups excluding tert-OH is 4. The molecule has 2 heterocycles.